The van der Waals surface area contributed by atoms with Crippen LogP contribution in [-0.4, -0.2) is 14.2 Å². The number of benzene rings is 2. The summed E-state index contributed by atoms with van der Waals surface area (Å²) in [5.74, 6) is 0.000969. The van der Waals surface area contributed by atoms with E-state index in [0.29, 0.717) is 6.42 Å². The average molecular weight is 345 g/mol. The Morgan fingerprint density at radius 1 is 1.05 bits per heavy atom. The SMILES string of the molecule is CCCS(=O)(=O)ON1c2ccccc2Sc2ccccc21.[H-].[Na+]. The van der Waals surface area contributed by atoms with Gasteiger partial charge in [-0.3, -0.25) is 0 Å². The molecule has 0 spiro atoms. The fraction of sp³-hybridized carbons (Fsp3) is 0.200. The van der Waals surface area contributed by atoms with Crippen LogP contribution >= 0.6 is 11.8 Å². The predicted octanol–water partition coefficient (Wildman–Crippen LogP) is 1.08. The van der Waals surface area contributed by atoms with E-state index in [-0.39, 0.29) is 36.7 Å². The number of rotatable bonds is 4. The van der Waals surface area contributed by atoms with E-state index in [2.05, 4.69) is 0 Å². The fourth-order valence-electron chi connectivity index (χ4n) is 2.15. The van der Waals surface area contributed by atoms with Crippen LogP contribution in [0.2, 0.25) is 0 Å². The standard InChI is InChI=1S/C15H15NO3S2.Na.H/c1-2-11-21(17,18)19-16-12-7-3-5-9-14(12)20-15-10-6-4-8-13(15)16;;/h3-10H,2,11H2,1H3;;/q;+1;-1. The monoisotopic (exact) mass is 345 g/mol. The molecule has 22 heavy (non-hydrogen) atoms. The number of anilines is 2. The van der Waals surface area contributed by atoms with Crippen LogP contribution in [0, 0.1) is 0 Å². The van der Waals surface area contributed by atoms with Gasteiger partial charge in [0.05, 0.1) is 17.1 Å². The van der Waals surface area contributed by atoms with Crippen LogP contribution in [0.4, 0.5) is 11.4 Å². The molecule has 0 unspecified atom stereocenters. The van der Waals surface area contributed by atoms with Crippen LogP contribution in [0.25, 0.3) is 0 Å². The molecular formula is C15H16NNaO3S2. The van der Waals surface area contributed by atoms with E-state index >= 15 is 0 Å². The summed E-state index contributed by atoms with van der Waals surface area (Å²) in [6.07, 6.45) is 0.522. The normalized spacial score (nSPS) is 13.0. The summed E-state index contributed by atoms with van der Waals surface area (Å²) in [6.45, 7) is 1.81. The molecule has 112 valence electrons. The van der Waals surface area contributed by atoms with Gasteiger partial charge in [-0.1, -0.05) is 43.0 Å². The van der Waals surface area contributed by atoms with Crippen LogP contribution in [0.5, 0.6) is 0 Å². The van der Waals surface area contributed by atoms with Crippen LogP contribution in [0.3, 0.4) is 0 Å². The minimum atomic E-state index is -3.60. The molecule has 0 N–H and O–H groups in total. The molecule has 1 aliphatic rings. The minimum Gasteiger partial charge on any atom is -1.00 e. The third-order valence-electron chi connectivity index (χ3n) is 3.03. The second-order valence-corrected chi connectivity index (χ2v) is 7.42. The molecule has 1 aliphatic heterocycles. The summed E-state index contributed by atoms with van der Waals surface area (Å²) in [7, 11) is -3.60. The van der Waals surface area contributed by atoms with Crippen molar-refractivity contribution in [2.24, 2.45) is 0 Å². The van der Waals surface area contributed by atoms with E-state index in [1.165, 1.54) is 5.06 Å². The molecule has 2 aromatic carbocycles. The summed E-state index contributed by atoms with van der Waals surface area (Å²) in [5.41, 5.74) is 1.50. The van der Waals surface area contributed by atoms with E-state index < -0.39 is 10.1 Å². The molecule has 3 rings (SSSR count). The van der Waals surface area contributed by atoms with Gasteiger partial charge in [-0.15, -0.1) is 4.28 Å². The Morgan fingerprint density at radius 2 is 1.55 bits per heavy atom. The topological polar surface area (TPSA) is 46.6 Å². The Kier molecular flexibility index (Phi) is 5.99. The molecule has 0 aromatic heterocycles. The van der Waals surface area contributed by atoms with Crippen molar-refractivity contribution < 1.29 is 43.7 Å². The maximum Gasteiger partial charge on any atom is 1.00 e. The molecule has 0 atom stereocenters. The molecule has 4 nitrogen and oxygen atoms in total. The molecule has 7 heteroatoms. The van der Waals surface area contributed by atoms with Crippen molar-refractivity contribution in [1.29, 1.82) is 0 Å². The molecule has 0 fully saturated rings. The molecular weight excluding hydrogens is 329 g/mol. The second-order valence-electron chi connectivity index (χ2n) is 4.67. The number of para-hydroxylation sites is 2. The Morgan fingerprint density at radius 3 is 2.05 bits per heavy atom. The van der Waals surface area contributed by atoms with E-state index in [9.17, 15) is 8.42 Å². The van der Waals surface area contributed by atoms with Gasteiger partial charge in [0.15, 0.2) is 0 Å². The largest absolute Gasteiger partial charge is 1.00 e. The molecule has 1 heterocycles. The fourth-order valence-corrected chi connectivity index (χ4v) is 4.16. The summed E-state index contributed by atoms with van der Waals surface area (Å²) >= 11 is 1.61. The van der Waals surface area contributed by atoms with Crippen LogP contribution in [0.15, 0.2) is 58.3 Å². The molecule has 0 amide bonds. The van der Waals surface area contributed by atoms with E-state index in [1.807, 2.05) is 55.5 Å². The van der Waals surface area contributed by atoms with Crippen molar-refractivity contribution in [3.63, 3.8) is 0 Å². The summed E-state index contributed by atoms with van der Waals surface area (Å²) in [5, 5.41) is 1.42. The Hall–Kier alpha value is -0.500. The Labute approximate surface area is 158 Å². The number of nitrogens with zero attached hydrogens (tertiary/aromatic N) is 1. The first-order valence-corrected chi connectivity index (χ1v) is 9.08. The van der Waals surface area contributed by atoms with Gasteiger partial charge < -0.3 is 1.43 Å². The first-order valence-electron chi connectivity index (χ1n) is 6.69. The first-order chi connectivity index (χ1) is 10.1. The quantitative estimate of drug-likeness (QED) is 0.776. The van der Waals surface area contributed by atoms with Crippen LogP contribution in [0.1, 0.15) is 14.8 Å². The van der Waals surface area contributed by atoms with Crippen LogP contribution < -0.4 is 34.6 Å². The Bertz CT molecular complexity index is 725. The maximum atomic E-state index is 12.0. The first kappa shape index (κ1) is 17.8. The molecule has 0 aliphatic carbocycles. The summed E-state index contributed by atoms with van der Waals surface area (Å²) in [6, 6.07) is 15.2. The van der Waals surface area contributed by atoms with E-state index in [1.54, 1.807) is 11.8 Å². The van der Waals surface area contributed by atoms with Gasteiger partial charge in [0, 0.05) is 9.79 Å². The predicted molar refractivity (Wildman–Crippen MR) is 85.4 cm³/mol. The zero-order valence-electron chi connectivity index (χ0n) is 13.5. The van der Waals surface area contributed by atoms with Gasteiger partial charge >= 0.3 is 29.6 Å². The van der Waals surface area contributed by atoms with E-state index in [0.717, 1.165) is 21.2 Å². The number of hydrogen-bond acceptors (Lipinski definition) is 5. The summed E-state index contributed by atoms with van der Waals surface area (Å²) in [4.78, 5) is 1.95. The van der Waals surface area contributed by atoms with Gasteiger partial charge in [0.1, 0.15) is 0 Å². The second kappa shape index (κ2) is 7.38. The van der Waals surface area contributed by atoms with Gasteiger partial charge in [0.25, 0.3) is 10.1 Å². The van der Waals surface area contributed by atoms with Crippen molar-refractivity contribution in [2.75, 3.05) is 10.8 Å². The van der Waals surface area contributed by atoms with Gasteiger partial charge in [-0.05, 0) is 30.7 Å². The van der Waals surface area contributed by atoms with Gasteiger partial charge in [-0.25, -0.2) is 5.06 Å². The summed E-state index contributed by atoms with van der Waals surface area (Å²) < 4.78 is 29.5. The van der Waals surface area contributed by atoms with Crippen molar-refractivity contribution in [2.45, 2.75) is 23.1 Å². The van der Waals surface area contributed by atoms with Crippen molar-refractivity contribution in [3.05, 3.63) is 48.5 Å². The molecule has 0 bridgehead atoms. The zero-order valence-corrected chi connectivity index (χ0v) is 16.2. The third kappa shape index (κ3) is 3.69. The molecule has 0 saturated carbocycles. The van der Waals surface area contributed by atoms with E-state index in [4.69, 9.17) is 4.28 Å². The van der Waals surface area contributed by atoms with Gasteiger partial charge in [-0.2, -0.15) is 8.42 Å². The molecule has 0 radical (unpaired) electrons. The minimum absolute atomic E-state index is 0. The smallest absolute Gasteiger partial charge is 1.00 e. The average Bonchev–Trinajstić information content (AvgIpc) is 2.47. The molecule has 0 saturated heterocycles. The van der Waals surface area contributed by atoms with Gasteiger partial charge in [0.2, 0.25) is 0 Å². The maximum absolute atomic E-state index is 12.0. The van der Waals surface area contributed by atoms with Crippen molar-refractivity contribution >= 4 is 33.3 Å². The molecule has 2 aromatic rings. The van der Waals surface area contributed by atoms with Crippen molar-refractivity contribution in [1.82, 2.24) is 0 Å². The van der Waals surface area contributed by atoms with Crippen LogP contribution in [-0.2, 0) is 14.4 Å². The van der Waals surface area contributed by atoms with Crippen molar-refractivity contribution in [3.8, 4) is 0 Å². The third-order valence-corrected chi connectivity index (χ3v) is 5.44. The Balaban J connectivity index is 0.00000132. The number of fused-ring (bicyclic) bond motifs is 2. The number of hydrogen-bond donors (Lipinski definition) is 0. The zero-order chi connectivity index (χ0) is 14.9.